The molecule has 3 aromatic rings. The molecule has 0 saturated carbocycles. The highest BCUT2D eigenvalue weighted by Crippen LogP contribution is 2.16. The number of imidazole rings is 1. The van der Waals surface area contributed by atoms with E-state index in [-0.39, 0.29) is 6.03 Å². The van der Waals surface area contributed by atoms with E-state index in [1.165, 1.54) is 0 Å². The fourth-order valence-electron chi connectivity index (χ4n) is 2.17. The molecule has 0 atom stereocenters. The maximum Gasteiger partial charge on any atom is 0.319 e. The van der Waals surface area contributed by atoms with E-state index in [4.69, 9.17) is 0 Å². The normalized spacial score (nSPS) is 10.5. The van der Waals surface area contributed by atoms with E-state index in [0.29, 0.717) is 6.54 Å². The molecule has 0 aliphatic heterocycles. The Hall–Kier alpha value is -2.82. The Morgan fingerprint density at radius 3 is 2.81 bits per heavy atom. The third-order valence-electron chi connectivity index (χ3n) is 3.15. The van der Waals surface area contributed by atoms with Crippen molar-refractivity contribution in [2.75, 3.05) is 5.32 Å². The van der Waals surface area contributed by atoms with E-state index in [1.54, 1.807) is 0 Å². The molecule has 0 spiro atoms. The molecule has 0 aliphatic carbocycles. The molecule has 3 rings (SSSR count). The van der Waals surface area contributed by atoms with Crippen molar-refractivity contribution in [2.24, 2.45) is 0 Å². The van der Waals surface area contributed by atoms with Crippen LogP contribution in [0.25, 0.3) is 11.0 Å². The number of rotatable bonds is 3. The summed E-state index contributed by atoms with van der Waals surface area (Å²) in [6, 6.07) is 15.2. The van der Waals surface area contributed by atoms with Crippen molar-refractivity contribution >= 4 is 22.8 Å². The van der Waals surface area contributed by atoms with Gasteiger partial charge in [0.2, 0.25) is 0 Å². The van der Waals surface area contributed by atoms with Gasteiger partial charge in [-0.2, -0.15) is 0 Å². The predicted molar refractivity (Wildman–Crippen MR) is 83.1 cm³/mol. The summed E-state index contributed by atoms with van der Waals surface area (Å²) in [5.74, 6) is 0.857. The van der Waals surface area contributed by atoms with Crippen molar-refractivity contribution in [3.63, 3.8) is 0 Å². The molecule has 2 amide bonds. The summed E-state index contributed by atoms with van der Waals surface area (Å²) in [7, 11) is 0. The highest BCUT2D eigenvalue weighted by molar-refractivity contribution is 5.91. The van der Waals surface area contributed by atoms with Crippen LogP contribution in [0.1, 0.15) is 11.4 Å². The van der Waals surface area contributed by atoms with Crippen molar-refractivity contribution in [1.29, 1.82) is 0 Å². The van der Waals surface area contributed by atoms with Gasteiger partial charge in [0.1, 0.15) is 5.82 Å². The quantitative estimate of drug-likeness (QED) is 0.689. The minimum absolute atomic E-state index is 0.227. The fourth-order valence-corrected chi connectivity index (χ4v) is 2.17. The van der Waals surface area contributed by atoms with Gasteiger partial charge in [-0.25, -0.2) is 9.78 Å². The molecule has 21 heavy (non-hydrogen) atoms. The summed E-state index contributed by atoms with van der Waals surface area (Å²) >= 11 is 0. The smallest absolute Gasteiger partial charge is 0.319 e. The standard InChI is InChI=1S/C16H16N4O/c1-11-18-14-8-7-13(9-15(14)19-11)20-16(21)17-10-12-5-3-2-4-6-12/h2-9H,10H2,1H3,(H,18,19)(H2,17,20,21). The van der Waals surface area contributed by atoms with Crippen LogP contribution in [0, 0.1) is 6.92 Å². The Kier molecular flexibility index (Phi) is 3.55. The number of aromatic amines is 1. The maximum absolute atomic E-state index is 11.9. The molecule has 0 radical (unpaired) electrons. The van der Waals surface area contributed by atoms with Gasteiger partial charge in [0.05, 0.1) is 11.0 Å². The van der Waals surface area contributed by atoms with Crippen LogP contribution in [0.4, 0.5) is 10.5 Å². The van der Waals surface area contributed by atoms with Crippen molar-refractivity contribution in [3.05, 3.63) is 59.9 Å². The molecular weight excluding hydrogens is 264 g/mol. The van der Waals surface area contributed by atoms with Crippen LogP contribution in [0.5, 0.6) is 0 Å². The van der Waals surface area contributed by atoms with Crippen molar-refractivity contribution < 1.29 is 4.79 Å². The van der Waals surface area contributed by atoms with Gasteiger partial charge in [-0.1, -0.05) is 30.3 Å². The van der Waals surface area contributed by atoms with Gasteiger partial charge in [0.15, 0.2) is 0 Å². The van der Waals surface area contributed by atoms with Gasteiger partial charge in [0, 0.05) is 12.2 Å². The summed E-state index contributed by atoms with van der Waals surface area (Å²) < 4.78 is 0. The lowest BCUT2D eigenvalue weighted by atomic mass is 10.2. The molecule has 5 heteroatoms. The number of nitrogens with zero attached hydrogens (tertiary/aromatic N) is 1. The number of urea groups is 1. The van der Waals surface area contributed by atoms with Crippen LogP contribution < -0.4 is 10.6 Å². The SMILES string of the molecule is Cc1nc2ccc(NC(=O)NCc3ccccc3)cc2[nH]1. The van der Waals surface area contributed by atoms with Crippen LogP contribution in [0.15, 0.2) is 48.5 Å². The number of H-pyrrole nitrogens is 1. The Balaban J connectivity index is 1.63. The third-order valence-corrected chi connectivity index (χ3v) is 3.15. The zero-order valence-corrected chi connectivity index (χ0v) is 11.7. The second-order valence-corrected chi connectivity index (χ2v) is 4.85. The second kappa shape index (κ2) is 5.66. The van der Waals surface area contributed by atoms with Crippen LogP contribution in [0.2, 0.25) is 0 Å². The largest absolute Gasteiger partial charge is 0.342 e. The molecule has 1 aromatic heterocycles. The van der Waals surface area contributed by atoms with Crippen molar-refractivity contribution in [3.8, 4) is 0 Å². The van der Waals surface area contributed by atoms with Crippen LogP contribution >= 0.6 is 0 Å². The van der Waals surface area contributed by atoms with Crippen molar-refractivity contribution in [2.45, 2.75) is 13.5 Å². The zero-order valence-electron chi connectivity index (χ0n) is 11.7. The molecule has 3 N–H and O–H groups in total. The lowest BCUT2D eigenvalue weighted by molar-refractivity contribution is 0.251. The molecule has 1 heterocycles. The van der Waals surface area contributed by atoms with Crippen LogP contribution in [0.3, 0.4) is 0 Å². The number of amides is 2. The second-order valence-electron chi connectivity index (χ2n) is 4.85. The number of fused-ring (bicyclic) bond motifs is 1. The molecule has 0 unspecified atom stereocenters. The van der Waals surface area contributed by atoms with Gasteiger partial charge in [-0.3, -0.25) is 0 Å². The van der Waals surface area contributed by atoms with E-state index >= 15 is 0 Å². The average Bonchev–Trinajstić information content (AvgIpc) is 2.85. The zero-order chi connectivity index (χ0) is 14.7. The molecular formula is C16H16N4O. The number of anilines is 1. The summed E-state index contributed by atoms with van der Waals surface area (Å²) in [6.07, 6.45) is 0. The van der Waals surface area contributed by atoms with Gasteiger partial charge >= 0.3 is 6.03 Å². The Morgan fingerprint density at radius 1 is 1.19 bits per heavy atom. The molecule has 0 aliphatic rings. The third kappa shape index (κ3) is 3.20. The maximum atomic E-state index is 11.9. The van der Waals surface area contributed by atoms with Gasteiger partial charge in [-0.15, -0.1) is 0 Å². The number of carbonyl (C=O) groups excluding carboxylic acids is 1. The van der Waals surface area contributed by atoms with E-state index in [2.05, 4.69) is 20.6 Å². The first-order valence-corrected chi connectivity index (χ1v) is 6.76. The number of nitrogens with one attached hydrogen (secondary N) is 3. The summed E-state index contributed by atoms with van der Waals surface area (Å²) in [5.41, 5.74) is 3.60. The first kappa shape index (κ1) is 13.2. The van der Waals surface area contributed by atoms with Crippen LogP contribution in [-0.4, -0.2) is 16.0 Å². The molecule has 5 nitrogen and oxygen atoms in total. The number of aromatic nitrogens is 2. The predicted octanol–water partition coefficient (Wildman–Crippen LogP) is 3.19. The molecule has 0 bridgehead atoms. The summed E-state index contributed by atoms with van der Waals surface area (Å²) in [6.45, 7) is 2.40. The topological polar surface area (TPSA) is 69.8 Å². The first-order chi connectivity index (χ1) is 10.2. The van der Waals surface area contributed by atoms with E-state index < -0.39 is 0 Å². The van der Waals surface area contributed by atoms with E-state index in [9.17, 15) is 4.79 Å². The monoisotopic (exact) mass is 280 g/mol. The Labute approximate surface area is 122 Å². The van der Waals surface area contributed by atoms with Crippen LogP contribution in [-0.2, 0) is 6.54 Å². The fraction of sp³-hybridized carbons (Fsp3) is 0.125. The van der Waals surface area contributed by atoms with Gasteiger partial charge in [-0.05, 0) is 30.7 Å². The molecule has 2 aromatic carbocycles. The lowest BCUT2D eigenvalue weighted by Crippen LogP contribution is -2.28. The Bertz CT molecular complexity index is 764. The highest BCUT2D eigenvalue weighted by atomic mass is 16.2. The Morgan fingerprint density at radius 2 is 2.00 bits per heavy atom. The summed E-state index contributed by atoms with van der Waals surface area (Å²) in [4.78, 5) is 19.4. The summed E-state index contributed by atoms with van der Waals surface area (Å²) in [5, 5.41) is 5.64. The minimum Gasteiger partial charge on any atom is -0.342 e. The molecule has 0 fully saturated rings. The van der Waals surface area contributed by atoms with E-state index in [1.807, 2.05) is 55.5 Å². The number of hydrogen-bond acceptors (Lipinski definition) is 2. The van der Waals surface area contributed by atoms with Gasteiger partial charge in [0.25, 0.3) is 0 Å². The van der Waals surface area contributed by atoms with Gasteiger partial charge < -0.3 is 15.6 Å². The number of benzene rings is 2. The average molecular weight is 280 g/mol. The highest BCUT2D eigenvalue weighted by Gasteiger charge is 2.04. The number of hydrogen-bond donors (Lipinski definition) is 3. The van der Waals surface area contributed by atoms with Crippen molar-refractivity contribution in [1.82, 2.24) is 15.3 Å². The number of aryl methyl sites for hydroxylation is 1. The number of carbonyl (C=O) groups is 1. The molecule has 0 saturated heterocycles. The minimum atomic E-state index is -0.227. The lowest BCUT2D eigenvalue weighted by Gasteiger charge is -2.07. The first-order valence-electron chi connectivity index (χ1n) is 6.76. The van der Waals surface area contributed by atoms with E-state index in [0.717, 1.165) is 28.1 Å². The molecule has 106 valence electrons.